The Bertz CT molecular complexity index is 892. The molecular formula is C21H29N5O2. The first kappa shape index (κ1) is 19.9. The molecule has 0 aliphatic rings. The van der Waals surface area contributed by atoms with Crippen LogP contribution in [0.15, 0.2) is 30.5 Å². The van der Waals surface area contributed by atoms with Crippen molar-refractivity contribution in [2.24, 2.45) is 0 Å². The number of hydrogen-bond acceptors (Lipinski definition) is 6. The summed E-state index contributed by atoms with van der Waals surface area (Å²) in [4.78, 5) is 8.61. The molecule has 7 nitrogen and oxygen atoms in total. The van der Waals surface area contributed by atoms with Crippen molar-refractivity contribution >= 4 is 11.5 Å². The standard InChI is InChI=1S/C21H29N5O2/c1-4-6-12-27-18-10-8-16(9-11-18)13-17-14-23-20-19(22)24-21(25-26(17)20)28-15(3)7-5-2/h8-11,14-15H,4-7,12-13H2,1-3H3,(H2,22,24,25)/t15-/m0/s1. The zero-order valence-corrected chi connectivity index (χ0v) is 16.9. The normalized spacial score (nSPS) is 12.2. The highest BCUT2D eigenvalue weighted by molar-refractivity contribution is 5.59. The third kappa shape index (κ3) is 4.91. The van der Waals surface area contributed by atoms with Crippen LogP contribution in [0.4, 0.5) is 5.82 Å². The van der Waals surface area contributed by atoms with E-state index in [0.29, 0.717) is 17.9 Å². The molecule has 3 rings (SSSR count). The zero-order valence-electron chi connectivity index (χ0n) is 16.9. The van der Waals surface area contributed by atoms with E-state index in [-0.39, 0.29) is 12.1 Å². The van der Waals surface area contributed by atoms with Gasteiger partial charge < -0.3 is 15.2 Å². The van der Waals surface area contributed by atoms with Gasteiger partial charge in [0.15, 0.2) is 11.5 Å². The van der Waals surface area contributed by atoms with Gasteiger partial charge in [-0.3, -0.25) is 0 Å². The molecule has 0 radical (unpaired) electrons. The molecule has 0 aliphatic carbocycles. The molecule has 3 aromatic rings. The van der Waals surface area contributed by atoms with Crippen molar-refractivity contribution in [1.82, 2.24) is 19.6 Å². The fourth-order valence-electron chi connectivity index (χ4n) is 2.99. The number of ether oxygens (including phenoxy) is 2. The quantitative estimate of drug-likeness (QED) is 0.532. The molecule has 2 N–H and O–H groups in total. The molecule has 0 aliphatic heterocycles. The lowest BCUT2D eigenvalue weighted by molar-refractivity contribution is 0.189. The number of nitrogens with two attached hydrogens (primary N) is 1. The third-order valence-electron chi connectivity index (χ3n) is 4.52. The maximum Gasteiger partial charge on any atom is 0.336 e. The Morgan fingerprint density at radius 1 is 1.14 bits per heavy atom. The Morgan fingerprint density at radius 2 is 1.93 bits per heavy atom. The molecule has 0 fully saturated rings. The largest absolute Gasteiger partial charge is 0.494 e. The minimum atomic E-state index is 0.0362. The van der Waals surface area contributed by atoms with Gasteiger partial charge in [0, 0.05) is 6.42 Å². The number of nitrogen functional groups attached to an aromatic ring is 1. The van der Waals surface area contributed by atoms with E-state index < -0.39 is 0 Å². The van der Waals surface area contributed by atoms with Gasteiger partial charge in [-0.1, -0.05) is 38.8 Å². The maximum atomic E-state index is 6.06. The molecule has 7 heteroatoms. The second-order valence-electron chi connectivity index (χ2n) is 7.00. The summed E-state index contributed by atoms with van der Waals surface area (Å²) in [6.45, 7) is 7.02. The van der Waals surface area contributed by atoms with Gasteiger partial charge in [-0.2, -0.15) is 4.98 Å². The van der Waals surface area contributed by atoms with Crippen molar-refractivity contribution in [3.05, 3.63) is 41.7 Å². The molecule has 0 unspecified atom stereocenters. The second kappa shape index (κ2) is 9.39. The van der Waals surface area contributed by atoms with Gasteiger partial charge in [0.2, 0.25) is 0 Å². The van der Waals surface area contributed by atoms with E-state index in [9.17, 15) is 0 Å². The van der Waals surface area contributed by atoms with Crippen LogP contribution in [-0.2, 0) is 6.42 Å². The smallest absolute Gasteiger partial charge is 0.336 e. The average Bonchev–Trinajstić information content (AvgIpc) is 3.07. The summed E-state index contributed by atoms with van der Waals surface area (Å²) in [6, 6.07) is 8.40. The molecule has 0 spiro atoms. The van der Waals surface area contributed by atoms with Gasteiger partial charge in [0.25, 0.3) is 0 Å². The summed E-state index contributed by atoms with van der Waals surface area (Å²) < 4.78 is 13.3. The third-order valence-corrected chi connectivity index (χ3v) is 4.52. The average molecular weight is 383 g/mol. The highest BCUT2D eigenvalue weighted by Gasteiger charge is 2.14. The molecule has 0 saturated carbocycles. The molecule has 28 heavy (non-hydrogen) atoms. The lowest BCUT2D eigenvalue weighted by Gasteiger charge is -2.12. The van der Waals surface area contributed by atoms with Gasteiger partial charge in [0.05, 0.1) is 24.6 Å². The molecule has 0 bridgehead atoms. The van der Waals surface area contributed by atoms with Gasteiger partial charge in [-0.25, -0.2) is 9.50 Å². The molecule has 0 amide bonds. The first-order valence-electron chi connectivity index (χ1n) is 9.99. The van der Waals surface area contributed by atoms with Crippen LogP contribution >= 0.6 is 0 Å². The number of aromatic nitrogens is 4. The summed E-state index contributed by atoms with van der Waals surface area (Å²) in [7, 11) is 0. The highest BCUT2D eigenvalue weighted by atomic mass is 16.5. The first-order valence-corrected chi connectivity index (χ1v) is 9.99. The van der Waals surface area contributed by atoms with Crippen LogP contribution in [0.1, 0.15) is 57.7 Å². The highest BCUT2D eigenvalue weighted by Crippen LogP contribution is 2.19. The molecule has 0 saturated heterocycles. The van der Waals surface area contributed by atoms with E-state index in [1.807, 2.05) is 19.1 Å². The Hall–Kier alpha value is -2.83. The molecule has 1 aromatic carbocycles. The lowest BCUT2D eigenvalue weighted by atomic mass is 10.1. The van der Waals surface area contributed by atoms with Crippen LogP contribution < -0.4 is 15.2 Å². The number of fused-ring (bicyclic) bond motifs is 1. The van der Waals surface area contributed by atoms with Crippen molar-refractivity contribution in [3.8, 4) is 11.8 Å². The van der Waals surface area contributed by atoms with E-state index in [1.54, 1.807) is 10.7 Å². The number of anilines is 1. The van der Waals surface area contributed by atoms with Crippen molar-refractivity contribution in [2.75, 3.05) is 12.3 Å². The number of hydrogen-bond donors (Lipinski definition) is 1. The zero-order chi connectivity index (χ0) is 19.9. The summed E-state index contributed by atoms with van der Waals surface area (Å²) in [5.41, 5.74) is 8.68. The van der Waals surface area contributed by atoms with Gasteiger partial charge in [-0.05, 0) is 37.5 Å². The predicted octanol–water partition coefficient (Wildman–Crippen LogP) is 4.04. The van der Waals surface area contributed by atoms with Crippen LogP contribution in [0.25, 0.3) is 5.65 Å². The SMILES string of the molecule is CCCCOc1ccc(Cc2cnc3c(N)nc(O[C@@H](C)CCC)nn23)cc1. The topological polar surface area (TPSA) is 87.6 Å². The number of unbranched alkanes of at least 4 members (excludes halogenated alkanes) is 1. The fourth-order valence-corrected chi connectivity index (χ4v) is 2.99. The summed E-state index contributed by atoms with van der Waals surface area (Å²) in [5, 5.41) is 4.50. The minimum Gasteiger partial charge on any atom is -0.494 e. The number of benzene rings is 1. The van der Waals surface area contributed by atoms with Crippen molar-refractivity contribution in [3.63, 3.8) is 0 Å². The van der Waals surface area contributed by atoms with E-state index in [0.717, 1.165) is 49.3 Å². The predicted molar refractivity (Wildman–Crippen MR) is 110 cm³/mol. The van der Waals surface area contributed by atoms with Gasteiger partial charge >= 0.3 is 6.01 Å². The van der Waals surface area contributed by atoms with E-state index in [2.05, 4.69) is 41.0 Å². The lowest BCUT2D eigenvalue weighted by Crippen LogP contribution is -2.15. The molecule has 2 heterocycles. The van der Waals surface area contributed by atoms with Crippen LogP contribution in [-0.4, -0.2) is 32.3 Å². The van der Waals surface area contributed by atoms with E-state index in [1.165, 1.54) is 0 Å². The van der Waals surface area contributed by atoms with E-state index in [4.69, 9.17) is 15.2 Å². The van der Waals surface area contributed by atoms with Crippen LogP contribution in [0.2, 0.25) is 0 Å². The molecular weight excluding hydrogens is 354 g/mol. The Balaban J connectivity index is 1.76. The maximum absolute atomic E-state index is 6.06. The Kier molecular flexibility index (Phi) is 6.68. The second-order valence-corrected chi connectivity index (χ2v) is 7.00. The fraction of sp³-hybridized carbons (Fsp3) is 0.476. The van der Waals surface area contributed by atoms with Crippen molar-refractivity contribution in [2.45, 2.75) is 59.0 Å². The van der Waals surface area contributed by atoms with Crippen molar-refractivity contribution < 1.29 is 9.47 Å². The first-order chi connectivity index (χ1) is 13.6. The Morgan fingerprint density at radius 3 is 2.64 bits per heavy atom. The molecule has 1 atom stereocenters. The van der Waals surface area contributed by atoms with Gasteiger partial charge in [0.1, 0.15) is 5.75 Å². The summed E-state index contributed by atoms with van der Waals surface area (Å²) >= 11 is 0. The Labute approximate surface area is 165 Å². The van der Waals surface area contributed by atoms with Gasteiger partial charge in [-0.15, -0.1) is 5.10 Å². The number of rotatable bonds is 10. The number of nitrogens with zero attached hydrogens (tertiary/aromatic N) is 4. The number of imidazole rings is 1. The summed E-state index contributed by atoms with van der Waals surface area (Å²) in [5.74, 6) is 1.21. The van der Waals surface area contributed by atoms with Crippen molar-refractivity contribution in [1.29, 1.82) is 0 Å². The monoisotopic (exact) mass is 383 g/mol. The van der Waals surface area contributed by atoms with Crippen LogP contribution in [0.5, 0.6) is 11.8 Å². The molecule has 150 valence electrons. The van der Waals surface area contributed by atoms with E-state index >= 15 is 0 Å². The van der Waals surface area contributed by atoms with Crippen LogP contribution in [0.3, 0.4) is 0 Å². The minimum absolute atomic E-state index is 0.0362. The molecule has 2 aromatic heterocycles. The summed E-state index contributed by atoms with van der Waals surface area (Å²) in [6.07, 6.45) is 6.65. The van der Waals surface area contributed by atoms with Crippen LogP contribution in [0, 0.1) is 0 Å².